The second-order valence-electron chi connectivity index (χ2n) is 4.43. The molecule has 102 valence electrons. The molecule has 1 aliphatic rings. The van der Waals surface area contributed by atoms with E-state index in [0.29, 0.717) is 19.4 Å². The molecule has 6 heteroatoms. The molecule has 0 aromatic carbocycles. The first-order valence-electron chi connectivity index (χ1n) is 6.17. The van der Waals surface area contributed by atoms with Gasteiger partial charge < -0.3 is 9.84 Å². The monoisotopic (exact) mass is 257 g/mol. The van der Waals surface area contributed by atoms with E-state index < -0.39 is 5.97 Å². The van der Waals surface area contributed by atoms with Crippen molar-refractivity contribution in [2.45, 2.75) is 32.6 Å². The molecule has 1 fully saturated rings. The maximum Gasteiger partial charge on any atom is 0.303 e. The Bertz CT molecular complexity index is 312. The van der Waals surface area contributed by atoms with Crippen molar-refractivity contribution in [1.29, 1.82) is 0 Å². The number of hydrogen-bond acceptors (Lipinski definition) is 4. The van der Waals surface area contributed by atoms with Crippen LogP contribution < -0.4 is 0 Å². The third-order valence-corrected chi connectivity index (χ3v) is 3.16. The van der Waals surface area contributed by atoms with Crippen LogP contribution in [0.5, 0.6) is 0 Å². The lowest BCUT2D eigenvalue weighted by atomic mass is 9.96. The van der Waals surface area contributed by atoms with Gasteiger partial charge in [0.1, 0.15) is 13.2 Å². The Morgan fingerprint density at radius 3 is 2.44 bits per heavy atom. The van der Waals surface area contributed by atoms with E-state index in [1.807, 2.05) is 6.92 Å². The minimum Gasteiger partial charge on any atom is -0.481 e. The number of rotatable bonds is 7. The Kier molecular flexibility index (Phi) is 5.77. The smallest absolute Gasteiger partial charge is 0.303 e. The molecule has 1 atom stereocenters. The topological polar surface area (TPSA) is 83.9 Å². The van der Waals surface area contributed by atoms with Crippen molar-refractivity contribution in [3.05, 3.63) is 0 Å². The maximum atomic E-state index is 11.5. The molecular formula is C12H19NO5. The quantitative estimate of drug-likeness (QED) is 0.677. The molecule has 0 aliphatic carbocycles. The molecule has 1 aliphatic heterocycles. The van der Waals surface area contributed by atoms with Gasteiger partial charge in [-0.25, -0.2) is 0 Å². The Balaban J connectivity index is 2.38. The first-order valence-corrected chi connectivity index (χ1v) is 6.17. The van der Waals surface area contributed by atoms with E-state index in [1.54, 1.807) is 0 Å². The summed E-state index contributed by atoms with van der Waals surface area (Å²) in [6, 6.07) is 0. The predicted octanol–water partition coefficient (Wildman–Crippen LogP) is 0.653. The number of ether oxygens (including phenoxy) is 1. The zero-order valence-electron chi connectivity index (χ0n) is 10.6. The summed E-state index contributed by atoms with van der Waals surface area (Å²) in [7, 11) is 0. The number of hydrogen-bond donors (Lipinski definition) is 1. The van der Waals surface area contributed by atoms with Crippen LogP contribution in [0.15, 0.2) is 0 Å². The van der Waals surface area contributed by atoms with Crippen molar-refractivity contribution >= 4 is 17.8 Å². The van der Waals surface area contributed by atoms with E-state index in [2.05, 4.69) is 0 Å². The summed E-state index contributed by atoms with van der Waals surface area (Å²) in [5.74, 6) is -1.20. The van der Waals surface area contributed by atoms with Gasteiger partial charge in [0.05, 0.1) is 0 Å². The fourth-order valence-corrected chi connectivity index (χ4v) is 1.96. The van der Waals surface area contributed by atoms with Gasteiger partial charge in [-0.3, -0.25) is 19.3 Å². The van der Waals surface area contributed by atoms with Crippen molar-refractivity contribution < 1.29 is 24.2 Å². The second kappa shape index (κ2) is 7.10. The number of nitrogens with zero attached hydrogens (tertiary/aromatic N) is 1. The fourth-order valence-electron chi connectivity index (χ4n) is 1.96. The summed E-state index contributed by atoms with van der Waals surface area (Å²) in [5.41, 5.74) is 0. The number of morpholine rings is 1. The van der Waals surface area contributed by atoms with Gasteiger partial charge in [0, 0.05) is 13.0 Å². The SMILES string of the molecule is CCC(CCC(=O)O)CCN1C(=O)COCC1=O. The lowest BCUT2D eigenvalue weighted by molar-refractivity contribution is -0.158. The molecule has 0 radical (unpaired) electrons. The molecule has 0 bridgehead atoms. The Morgan fingerprint density at radius 1 is 1.33 bits per heavy atom. The third kappa shape index (κ3) is 4.44. The largest absolute Gasteiger partial charge is 0.481 e. The van der Waals surface area contributed by atoms with Gasteiger partial charge in [-0.15, -0.1) is 0 Å². The van der Waals surface area contributed by atoms with Crippen LogP contribution >= 0.6 is 0 Å². The van der Waals surface area contributed by atoms with Crippen molar-refractivity contribution in [1.82, 2.24) is 4.90 Å². The molecule has 0 saturated carbocycles. The summed E-state index contributed by atoms with van der Waals surface area (Å²) < 4.78 is 4.82. The number of aliphatic carboxylic acids is 1. The molecular weight excluding hydrogens is 238 g/mol. The second-order valence-corrected chi connectivity index (χ2v) is 4.43. The summed E-state index contributed by atoms with van der Waals surface area (Å²) in [4.78, 5) is 34.6. The Morgan fingerprint density at radius 2 is 1.94 bits per heavy atom. The number of amides is 2. The van der Waals surface area contributed by atoms with E-state index in [-0.39, 0.29) is 37.4 Å². The van der Waals surface area contributed by atoms with Crippen LogP contribution in [0.4, 0.5) is 0 Å². The minimum atomic E-state index is -0.813. The summed E-state index contributed by atoms with van der Waals surface area (Å²) in [6.45, 7) is 2.25. The molecule has 1 saturated heterocycles. The summed E-state index contributed by atoms with van der Waals surface area (Å²) in [5, 5.41) is 8.62. The van der Waals surface area contributed by atoms with Crippen LogP contribution in [0.3, 0.4) is 0 Å². The van der Waals surface area contributed by atoms with Crippen LogP contribution in [0.2, 0.25) is 0 Å². The highest BCUT2D eigenvalue weighted by Gasteiger charge is 2.26. The highest BCUT2D eigenvalue weighted by Crippen LogP contribution is 2.17. The maximum absolute atomic E-state index is 11.5. The predicted molar refractivity (Wildman–Crippen MR) is 62.8 cm³/mol. The normalized spacial score (nSPS) is 17.9. The van der Waals surface area contributed by atoms with Gasteiger partial charge in [-0.1, -0.05) is 13.3 Å². The molecule has 0 aromatic heterocycles. The van der Waals surface area contributed by atoms with Gasteiger partial charge in [0.15, 0.2) is 0 Å². The van der Waals surface area contributed by atoms with E-state index in [9.17, 15) is 14.4 Å². The Hall–Kier alpha value is -1.43. The average Bonchev–Trinajstić information content (AvgIpc) is 2.32. The summed E-state index contributed by atoms with van der Waals surface area (Å²) in [6.07, 6.45) is 2.21. The van der Waals surface area contributed by atoms with Gasteiger partial charge in [0.25, 0.3) is 11.8 Å². The van der Waals surface area contributed by atoms with Crippen LogP contribution in [0.25, 0.3) is 0 Å². The van der Waals surface area contributed by atoms with Crippen LogP contribution in [-0.4, -0.2) is 47.5 Å². The Labute approximate surface area is 106 Å². The first kappa shape index (κ1) is 14.6. The number of carboxylic acids is 1. The standard InChI is InChI=1S/C12H19NO5/c1-2-9(3-4-12(16)17)5-6-13-10(14)7-18-8-11(13)15/h9H,2-8H2,1H3,(H,16,17). The molecule has 1 N–H and O–H groups in total. The minimum absolute atomic E-state index is 0.0440. The highest BCUT2D eigenvalue weighted by molar-refractivity contribution is 5.98. The average molecular weight is 257 g/mol. The lowest BCUT2D eigenvalue weighted by Crippen LogP contribution is -2.46. The zero-order valence-corrected chi connectivity index (χ0v) is 10.6. The van der Waals surface area contributed by atoms with E-state index in [0.717, 1.165) is 6.42 Å². The van der Waals surface area contributed by atoms with Crippen molar-refractivity contribution in [2.75, 3.05) is 19.8 Å². The van der Waals surface area contributed by atoms with Crippen LogP contribution in [0, 0.1) is 5.92 Å². The van der Waals surface area contributed by atoms with E-state index in [1.165, 1.54) is 4.90 Å². The molecule has 1 heterocycles. The van der Waals surface area contributed by atoms with Crippen molar-refractivity contribution in [3.8, 4) is 0 Å². The molecule has 2 amide bonds. The van der Waals surface area contributed by atoms with Gasteiger partial charge in [0.2, 0.25) is 0 Å². The molecule has 0 spiro atoms. The number of carbonyl (C=O) groups excluding carboxylic acids is 2. The molecule has 1 rings (SSSR count). The van der Waals surface area contributed by atoms with Crippen molar-refractivity contribution in [2.24, 2.45) is 5.92 Å². The van der Waals surface area contributed by atoms with Crippen LogP contribution in [0.1, 0.15) is 32.6 Å². The van der Waals surface area contributed by atoms with Crippen LogP contribution in [-0.2, 0) is 19.1 Å². The molecule has 18 heavy (non-hydrogen) atoms. The molecule has 6 nitrogen and oxygen atoms in total. The number of carboxylic acid groups (broad SMARTS) is 1. The van der Waals surface area contributed by atoms with Gasteiger partial charge >= 0.3 is 5.97 Å². The van der Waals surface area contributed by atoms with E-state index in [4.69, 9.17) is 9.84 Å². The fraction of sp³-hybridized carbons (Fsp3) is 0.750. The lowest BCUT2D eigenvalue weighted by Gasteiger charge is -2.26. The van der Waals surface area contributed by atoms with Gasteiger partial charge in [-0.05, 0) is 18.8 Å². The summed E-state index contributed by atoms with van der Waals surface area (Å²) >= 11 is 0. The molecule has 0 aromatic rings. The number of carbonyl (C=O) groups is 3. The third-order valence-electron chi connectivity index (χ3n) is 3.16. The van der Waals surface area contributed by atoms with Gasteiger partial charge in [-0.2, -0.15) is 0 Å². The van der Waals surface area contributed by atoms with Crippen molar-refractivity contribution in [3.63, 3.8) is 0 Å². The number of imide groups is 1. The first-order chi connectivity index (χ1) is 8.54. The van der Waals surface area contributed by atoms with E-state index >= 15 is 0 Å². The highest BCUT2D eigenvalue weighted by atomic mass is 16.5. The zero-order chi connectivity index (χ0) is 13.5. The molecule has 1 unspecified atom stereocenters.